The first-order valence-electron chi connectivity index (χ1n) is 8.32. The normalized spacial score (nSPS) is 30.9. The molecule has 1 saturated heterocycles. The molecule has 28 heavy (non-hydrogen) atoms. The van der Waals surface area contributed by atoms with E-state index in [9.17, 15) is 29.7 Å². The number of ether oxygens (including phenoxy) is 6. The van der Waals surface area contributed by atoms with Gasteiger partial charge in [0.05, 0.1) is 25.9 Å². The summed E-state index contributed by atoms with van der Waals surface area (Å²) >= 11 is 0. The second-order valence-electron chi connectivity index (χ2n) is 5.99. The Hall–Kier alpha value is -1.67. The zero-order valence-electron chi connectivity index (χ0n) is 15.9. The number of carboxylic acid groups (broad SMARTS) is 1. The minimum absolute atomic E-state index is 0.187. The van der Waals surface area contributed by atoms with Crippen molar-refractivity contribution in [2.24, 2.45) is 5.92 Å². The smallest absolute Gasteiger partial charge is 0.338 e. The SMILES string of the molecule is COC(=O)[C@@H](O[C@@H]1OC(CO)[C@H](C)[C@H](O)C1OC)C(O[C@H](C=O)OC)C(=O)O. The van der Waals surface area contributed by atoms with E-state index in [1.165, 1.54) is 7.11 Å². The first kappa shape index (κ1) is 24.4. The van der Waals surface area contributed by atoms with Crippen molar-refractivity contribution in [3.05, 3.63) is 0 Å². The first-order chi connectivity index (χ1) is 13.2. The first-order valence-corrected chi connectivity index (χ1v) is 8.32. The number of aliphatic hydroxyl groups excluding tert-OH is 2. The van der Waals surface area contributed by atoms with Gasteiger partial charge in [0.1, 0.15) is 6.10 Å². The Morgan fingerprint density at radius 3 is 2.29 bits per heavy atom. The Labute approximate surface area is 161 Å². The summed E-state index contributed by atoms with van der Waals surface area (Å²) in [5, 5.41) is 29.2. The number of aliphatic carboxylic acids is 1. The van der Waals surface area contributed by atoms with Crippen LogP contribution in [0.1, 0.15) is 6.92 Å². The highest BCUT2D eigenvalue weighted by Crippen LogP contribution is 2.29. The third kappa shape index (κ3) is 5.67. The summed E-state index contributed by atoms with van der Waals surface area (Å²) in [5.74, 6) is -3.32. The molecule has 0 saturated carbocycles. The second-order valence-corrected chi connectivity index (χ2v) is 5.99. The number of carbonyl (C=O) groups is 3. The van der Waals surface area contributed by atoms with Crippen molar-refractivity contribution < 1.29 is 58.1 Å². The lowest BCUT2D eigenvalue weighted by atomic mass is 9.91. The molecule has 0 spiro atoms. The van der Waals surface area contributed by atoms with E-state index < -0.39 is 67.6 Å². The molecule has 3 unspecified atom stereocenters. The molecule has 0 radical (unpaired) electrons. The van der Waals surface area contributed by atoms with Crippen LogP contribution < -0.4 is 0 Å². The van der Waals surface area contributed by atoms with Gasteiger partial charge in [0, 0.05) is 20.1 Å². The number of carboxylic acids is 1. The number of esters is 1. The van der Waals surface area contributed by atoms with Crippen LogP contribution in [0.3, 0.4) is 0 Å². The van der Waals surface area contributed by atoms with Gasteiger partial charge in [0.15, 0.2) is 24.8 Å². The highest BCUT2D eigenvalue weighted by atomic mass is 16.7. The molecule has 3 N–H and O–H groups in total. The minimum atomic E-state index is -2.01. The summed E-state index contributed by atoms with van der Waals surface area (Å²) in [6.07, 6.45) is -9.87. The summed E-state index contributed by atoms with van der Waals surface area (Å²) in [6.45, 7) is 1.15. The van der Waals surface area contributed by atoms with Crippen molar-refractivity contribution in [1.29, 1.82) is 0 Å². The van der Waals surface area contributed by atoms with E-state index in [4.69, 9.17) is 18.9 Å². The third-order valence-electron chi connectivity index (χ3n) is 4.35. The van der Waals surface area contributed by atoms with Gasteiger partial charge in [-0.05, 0) is 0 Å². The Balaban J connectivity index is 3.15. The van der Waals surface area contributed by atoms with Crippen LogP contribution in [0.4, 0.5) is 0 Å². The summed E-state index contributed by atoms with van der Waals surface area (Å²) < 4.78 is 30.3. The van der Waals surface area contributed by atoms with Crippen LogP contribution in [0.5, 0.6) is 0 Å². The summed E-state index contributed by atoms with van der Waals surface area (Å²) in [4.78, 5) is 34.7. The van der Waals surface area contributed by atoms with Gasteiger partial charge in [0.25, 0.3) is 0 Å². The average Bonchev–Trinajstić information content (AvgIpc) is 2.69. The largest absolute Gasteiger partial charge is 0.479 e. The van der Waals surface area contributed by atoms with Gasteiger partial charge in [-0.1, -0.05) is 6.92 Å². The fourth-order valence-corrected chi connectivity index (χ4v) is 2.68. The monoisotopic (exact) mass is 410 g/mol. The maximum atomic E-state index is 12.2. The van der Waals surface area contributed by atoms with E-state index in [-0.39, 0.29) is 6.29 Å². The summed E-state index contributed by atoms with van der Waals surface area (Å²) in [7, 11) is 3.35. The van der Waals surface area contributed by atoms with Gasteiger partial charge in [-0.15, -0.1) is 0 Å². The standard InChI is InChI=1S/C16H26O12/c1-7-8(5-17)26-16(11(24-3)10(7)19)28-13(15(22)25-4)12(14(20)21)27-9(6-18)23-2/h6-13,16-17,19H,5H2,1-4H3,(H,20,21)/t7-,8?,9+,10-,11?,12?,13-,16-/m0/s1. The van der Waals surface area contributed by atoms with Crippen LogP contribution in [0.2, 0.25) is 0 Å². The van der Waals surface area contributed by atoms with Crippen molar-refractivity contribution in [2.45, 2.75) is 50.0 Å². The number of carbonyl (C=O) groups excluding carboxylic acids is 2. The molecule has 12 nitrogen and oxygen atoms in total. The lowest BCUT2D eigenvalue weighted by Crippen LogP contribution is -2.59. The van der Waals surface area contributed by atoms with Crippen molar-refractivity contribution in [1.82, 2.24) is 0 Å². The van der Waals surface area contributed by atoms with Gasteiger partial charge >= 0.3 is 11.9 Å². The predicted octanol–water partition coefficient (Wildman–Crippen LogP) is -2.08. The molecule has 0 amide bonds. The third-order valence-corrected chi connectivity index (χ3v) is 4.35. The number of aldehydes is 1. The molecule has 1 fully saturated rings. The van der Waals surface area contributed by atoms with Crippen LogP contribution in [0, 0.1) is 5.92 Å². The van der Waals surface area contributed by atoms with Gasteiger partial charge in [-0.3, -0.25) is 4.79 Å². The molecule has 1 aliphatic rings. The van der Waals surface area contributed by atoms with Gasteiger partial charge in [-0.25, -0.2) is 9.59 Å². The van der Waals surface area contributed by atoms with Crippen LogP contribution in [0.25, 0.3) is 0 Å². The topological polar surface area (TPSA) is 167 Å². The van der Waals surface area contributed by atoms with Crippen molar-refractivity contribution in [3.8, 4) is 0 Å². The highest BCUT2D eigenvalue weighted by Gasteiger charge is 2.48. The van der Waals surface area contributed by atoms with E-state index in [1.54, 1.807) is 6.92 Å². The van der Waals surface area contributed by atoms with E-state index in [2.05, 4.69) is 9.47 Å². The zero-order valence-corrected chi connectivity index (χ0v) is 15.9. The molecule has 1 aliphatic heterocycles. The second kappa shape index (κ2) is 11.4. The van der Waals surface area contributed by atoms with Crippen molar-refractivity contribution in [3.63, 3.8) is 0 Å². The Kier molecular flexibility index (Phi) is 9.89. The number of hydrogen-bond donors (Lipinski definition) is 3. The molecular weight excluding hydrogens is 384 g/mol. The van der Waals surface area contributed by atoms with Gasteiger partial charge < -0.3 is 43.7 Å². The zero-order chi connectivity index (χ0) is 21.4. The molecule has 0 aliphatic carbocycles. The summed E-state index contributed by atoms with van der Waals surface area (Å²) in [6, 6.07) is 0. The van der Waals surface area contributed by atoms with Gasteiger partial charge in [-0.2, -0.15) is 0 Å². The Bertz CT molecular complexity index is 526. The molecule has 162 valence electrons. The van der Waals surface area contributed by atoms with Crippen LogP contribution in [0.15, 0.2) is 0 Å². The lowest BCUT2D eigenvalue weighted by molar-refractivity contribution is -0.312. The minimum Gasteiger partial charge on any atom is -0.479 e. The molecule has 0 bridgehead atoms. The van der Waals surface area contributed by atoms with Crippen molar-refractivity contribution >= 4 is 18.2 Å². The highest BCUT2D eigenvalue weighted by molar-refractivity contribution is 5.84. The molecule has 0 aromatic carbocycles. The Morgan fingerprint density at radius 2 is 1.86 bits per heavy atom. The molecule has 0 aromatic heterocycles. The number of hydrogen-bond acceptors (Lipinski definition) is 11. The van der Waals surface area contributed by atoms with Gasteiger partial charge in [0.2, 0.25) is 6.29 Å². The molecule has 1 rings (SSSR count). The molecule has 0 aromatic rings. The predicted molar refractivity (Wildman–Crippen MR) is 88.0 cm³/mol. The fraction of sp³-hybridized carbons (Fsp3) is 0.812. The quantitative estimate of drug-likeness (QED) is 0.193. The van der Waals surface area contributed by atoms with Crippen LogP contribution in [-0.4, -0.2) is 105 Å². The van der Waals surface area contributed by atoms with E-state index >= 15 is 0 Å². The fourth-order valence-electron chi connectivity index (χ4n) is 2.68. The van der Waals surface area contributed by atoms with E-state index in [1.807, 2.05) is 0 Å². The lowest BCUT2D eigenvalue weighted by Gasteiger charge is -2.43. The van der Waals surface area contributed by atoms with Crippen LogP contribution >= 0.6 is 0 Å². The van der Waals surface area contributed by atoms with Crippen molar-refractivity contribution in [2.75, 3.05) is 27.9 Å². The molecular formula is C16H26O12. The maximum absolute atomic E-state index is 12.2. The van der Waals surface area contributed by atoms with E-state index in [0.717, 1.165) is 14.2 Å². The summed E-state index contributed by atoms with van der Waals surface area (Å²) in [5.41, 5.74) is 0. The molecule has 1 heterocycles. The number of methoxy groups -OCH3 is 3. The number of aliphatic hydroxyl groups is 2. The maximum Gasteiger partial charge on any atom is 0.338 e. The molecule has 12 heteroatoms. The number of rotatable bonds is 11. The Morgan fingerprint density at radius 1 is 1.21 bits per heavy atom. The average molecular weight is 410 g/mol. The van der Waals surface area contributed by atoms with Crippen LogP contribution in [-0.2, 0) is 42.8 Å². The van der Waals surface area contributed by atoms with E-state index in [0.29, 0.717) is 0 Å². The molecule has 8 atom stereocenters.